The van der Waals surface area contributed by atoms with Gasteiger partial charge in [0.15, 0.2) is 0 Å². The summed E-state index contributed by atoms with van der Waals surface area (Å²) in [5.74, 6) is -0.682. The van der Waals surface area contributed by atoms with Crippen LogP contribution in [0.25, 0.3) is 0 Å². The molecule has 0 aliphatic heterocycles. The van der Waals surface area contributed by atoms with Crippen molar-refractivity contribution in [3.05, 3.63) is 48.6 Å². The van der Waals surface area contributed by atoms with Crippen molar-refractivity contribution in [3.63, 3.8) is 0 Å². The van der Waals surface area contributed by atoms with Crippen LogP contribution in [0.2, 0.25) is 0 Å². The number of carbonyl (C=O) groups is 2. The predicted octanol–water partition coefficient (Wildman–Crippen LogP) is 2.60. The normalized spacial score (nSPS) is 11.8. The lowest BCUT2D eigenvalue weighted by molar-refractivity contribution is -0.152. The average molecular weight is 333 g/mol. The lowest BCUT2D eigenvalue weighted by atomic mass is 10.1. The molecule has 132 valence electrons. The second kappa shape index (κ2) is 11.4. The summed E-state index contributed by atoms with van der Waals surface area (Å²) in [5.41, 5.74) is 1.15. The fraction of sp³-hybridized carbons (Fsp3) is 0.474. The number of hydrogen-bond donors (Lipinski definition) is 0. The van der Waals surface area contributed by atoms with E-state index in [0.717, 1.165) is 12.0 Å². The smallest absolute Gasteiger partial charge is 0.323 e. The van der Waals surface area contributed by atoms with Crippen molar-refractivity contribution in [3.8, 4) is 0 Å². The molecule has 0 amide bonds. The predicted molar refractivity (Wildman–Crippen MR) is 93.6 cm³/mol. The highest BCUT2D eigenvalue weighted by Crippen LogP contribution is 2.11. The molecule has 1 aromatic rings. The van der Waals surface area contributed by atoms with Gasteiger partial charge in [0.05, 0.1) is 19.8 Å². The molecule has 1 rings (SSSR count). The summed E-state index contributed by atoms with van der Waals surface area (Å²) in [7, 11) is 0. The maximum Gasteiger partial charge on any atom is 0.323 e. The molecule has 0 spiro atoms. The fourth-order valence-corrected chi connectivity index (χ4v) is 2.43. The minimum absolute atomic E-state index is 0.0536. The molecule has 0 bridgehead atoms. The molecule has 5 nitrogen and oxygen atoms in total. The van der Waals surface area contributed by atoms with Crippen LogP contribution in [0.3, 0.4) is 0 Å². The van der Waals surface area contributed by atoms with Crippen molar-refractivity contribution in [2.75, 3.05) is 26.3 Å². The zero-order valence-electron chi connectivity index (χ0n) is 14.6. The van der Waals surface area contributed by atoms with Gasteiger partial charge in [-0.25, -0.2) is 0 Å². The van der Waals surface area contributed by atoms with E-state index in [1.807, 2.05) is 35.2 Å². The van der Waals surface area contributed by atoms with E-state index >= 15 is 0 Å². The number of hydrogen-bond acceptors (Lipinski definition) is 5. The summed E-state index contributed by atoms with van der Waals surface area (Å²) in [6.45, 7) is 8.47. The van der Waals surface area contributed by atoms with Crippen LogP contribution in [0.1, 0.15) is 25.8 Å². The molecule has 1 atom stereocenters. The second-order valence-corrected chi connectivity index (χ2v) is 5.30. The van der Waals surface area contributed by atoms with Gasteiger partial charge in [-0.1, -0.05) is 36.4 Å². The molecular formula is C19H27NO4. The highest BCUT2D eigenvalue weighted by molar-refractivity contribution is 5.78. The average Bonchev–Trinajstić information content (AvgIpc) is 2.58. The van der Waals surface area contributed by atoms with Crippen LogP contribution >= 0.6 is 0 Å². The summed E-state index contributed by atoms with van der Waals surface area (Å²) in [6.07, 6.45) is 2.82. The van der Waals surface area contributed by atoms with E-state index in [4.69, 9.17) is 9.47 Å². The molecule has 0 fully saturated rings. The Morgan fingerprint density at radius 3 is 2.42 bits per heavy atom. The van der Waals surface area contributed by atoms with Gasteiger partial charge in [0.25, 0.3) is 0 Å². The zero-order chi connectivity index (χ0) is 17.8. The highest BCUT2D eigenvalue weighted by Gasteiger charge is 2.28. The van der Waals surface area contributed by atoms with Crippen LogP contribution in [-0.2, 0) is 25.5 Å². The van der Waals surface area contributed by atoms with Gasteiger partial charge in [0.2, 0.25) is 0 Å². The molecule has 1 aromatic carbocycles. The first-order valence-electron chi connectivity index (χ1n) is 8.33. The molecule has 1 unspecified atom stereocenters. The summed E-state index contributed by atoms with van der Waals surface area (Å²) < 4.78 is 10.2. The number of rotatable bonds is 11. The third-order valence-corrected chi connectivity index (χ3v) is 3.56. The van der Waals surface area contributed by atoms with Crippen LogP contribution in [0.5, 0.6) is 0 Å². The SMILES string of the molecule is C=CCC(C(=O)OCC)N(CCc1ccccc1)CC(=O)OCC. The first-order chi connectivity index (χ1) is 11.6. The first-order valence-corrected chi connectivity index (χ1v) is 8.33. The zero-order valence-corrected chi connectivity index (χ0v) is 14.6. The van der Waals surface area contributed by atoms with Crippen molar-refractivity contribution in [2.45, 2.75) is 32.7 Å². The summed E-state index contributed by atoms with van der Waals surface area (Å²) >= 11 is 0. The van der Waals surface area contributed by atoms with Gasteiger partial charge in [0.1, 0.15) is 6.04 Å². The number of ether oxygens (including phenoxy) is 2. The van der Waals surface area contributed by atoms with Gasteiger partial charge < -0.3 is 9.47 Å². The third-order valence-electron chi connectivity index (χ3n) is 3.56. The van der Waals surface area contributed by atoms with E-state index in [0.29, 0.717) is 26.2 Å². The van der Waals surface area contributed by atoms with Crippen molar-refractivity contribution >= 4 is 11.9 Å². The van der Waals surface area contributed by atoms with Crippen LogP contribution < -0.4 is 0 Å². The molecule has 0 aliphatic carbocycles. The van der Waals surface area contributed by atoms with Crippen LogP contribution in [0.15, 0.2) is 43.0 Å². The summed E-state index contributed by atoms with van der Waals surface area (Å²) in [5, 5.41) is 0. The van der Waals surface area contributed by atoms with Crippen molar-refractivity contribution in [2.24, 2.45) is 0 Å². The lowest BCUT2D eigenvalue weighted by Crippen LogP contribution is -2.46. The molecule has 0 saturated carbocycles. The van der Waals surface area contributed by atoms with E-state index in [1.165, 1.54) is 0 Å². The van der Waals surface area contributed by atoms with Crippen LogP contribution in [-0.4, -0.2) is 49.2 Å². The van der Waals surface area contributed by atoms with E-state index in [1.54, 1.807) is 19.9 Å². The Bertz CT molecular complexity index is 515. The topological polar surface area (TPSA) is 55.8 Å². The maximum absolute atomic E-state index is 12.3. The Hall–Kier alpha value is -2.14. The monoisotopic (exact) mass is 333 g/mol. The Balaban J connectivity index is 2.85. The molecular weight excluding hydrogens is 306 g/mol. The molecule has 24 heavy (non-hydrogen) atoms. The Morgan fingerprint density at radius 1 is 1.17 bits per heavy atom. The maximum atomic E-state index is 12.3. The minimum atomic E-state index is -0.532. The molecule has 0 aromatic heterocycles. The molecule has 0 N–H and O–H groups in total. The molecule has 0 heterocycles. The van der Waals surface area contributed by atoms with Crippen LogP contribution in [0, 0.1) is 0 Å². The number of esters is 2. The number of benzene rings is 1. The largest absolute Gasteiger partial charge is 0.465 e. The van der Waals surface area contributed by atoms with E-state index in [2.05, 4.69) is 6.58 Å². The van der Waals surface area contributed by atoms with E-state index < -0.39 is 6.04 Å². The Kier molecular flexibility index (Phi) is 9.46. The standard InChI is InChI=1S/C19H27NO4/c1-4-10-17(19(22)24-6-3)20(15-18(21)23-5-2)14-13-16-11-8-7-9-12-16/h4,7-9,11-12,17H,1,5-6,10,13-15H2,2-3H3. The minimum Gasteiger partial charge on any atom is -0.465 e. The number of carbonyl (C=O) groups excluding carboxylic acids is 2. The van der Waals surface area contributed by atoms with E-state index in [9.17, 15) is 9.59 Å². The highest BCUT2D eigenvalue weighted by atomic mass is 16.5. The van der Waals surface area contributed by atoms with Gasteiger partial charge >= 0.3 is 11.9 Å². The molecule has 0 saturated heterocycles. The van der Waals surface area contributed by atoms with Crippen molar-refractivity contribution < 1.29 is 19.1 Å². The fourth-order valence-electron chi connectivity index (χ4n) is 2.43. The van der Waals surface area contributed by atoms with Crippen LogP contribution in [0.4, 0.5) is 0 Å². The Morgan fingerprint density at radius 2 is 1.83 bits per heavy atom. The van der Waals surface area contributed by atoms with Crippen molar-refractivity contribution in [1.82, 2.24) is 4.90 Å². The van der Waals surface area contributed by atoms with Gasteiger partial charge in [-0.2, -0.15) is 0 Å². The van der Waals surface area contributed by atoms with Crippen molar-refractivity contribution in [1.29, 1.82) is 0 Å². The Labute approximate surface area is 144 Å². The summed E-state index contributed by atoms with van der Waals surface area (Å²) in [6, 6.07) is 9.41. The number of nitrogens with zero attached hydrogens (tertiary/aromatic N) is 1. The second-order valence-electron chi connectivity index (χ2n) is 5.30. The summed E-state index contributed by atoms with van der Waals surface area (Å²) in [4.78, 5) is 26.0. The van der Waals surface area contributed by atoms with Gasteiger partial charge in [-0.15, -0.1) is 6.58 Å². The molecule has 0 radical (unpaired) electrons. The van der Waals surface area contributed by atoms with Gasteiger partial charge in [0, 0.05) is 6.54 Å². The van der Waals surface area contributed by atoms with Gasteiger partial charge in [-0.05, 0) is 32.3 Å². The van der Waals surface area contributed by atoms with E-state index in [-0.39, 0.29) is 18.5 Å². The quantitative estimate of drug-likeness (QED) is 0.460. The lowest BCUT2D eigenvalue weighted by Gasteiger charge is -2.28. The van der Waals surface area contributed by atoms with Gasteiger partial charge in [-0.3, -0.25) is 14.5 Å². The molecule has 0 aliphatic rings. The first kappa shape index (κ1) is 19.9. The third kappa shape index (κ3) is 6.96. The molecule has 5 heteroatoms.